The SMILES string of the molecule is CCCCCCCCCCC1CNc2c(Cl)cc(Cl)cc21. The van der Waals surface area contributed by atoms with E-state index in [2.05, 4.69) is 18.3 Å². The monoisotopic (exact) mass is 327 g/mol. The van der Waals surface area contributed by atoms with E-state index in [4.69, 9.17) is 23.2 Å². The zero-order valence-electron chi connectivity index (χ0n) is 13.1. The zero-order valence-corrected chi connectivity index (χ0v) is 14.6. The second-order valence-corrected chi connectivity index (χ2v) is 7.04. The minimum atomic E-state index is 0.580. The van der Waals surface area contributed by atoms with Gasteiger partial charge < -0.3 is 5.32 Å². The highest BCUT2D eigenvalue weighted by atomic mass is 35.5. The molecule has 1 atom stereocenters. The van der Waals surface area contributed by atoms with Gasteiger partial charge in [-0.3, -0.25) is 0 Å². The minimum Gasteiger partial charge on any atom is -0.383 e. The summed E-state index contributed by atoms with van der Waals surface area (Å²) in [5.74, 6) is 0.580. The lowest BCUT2D eigenvalue weighted by molar-refractivity contribution is 0.543. The Labute approximate surface area is 139 Å². The molecule has 0 saturated heterocycles. The Kier molecular flexibility index (Phi) is 7.19. The van der Waals surface area contributed by atoms with Gasteiger partial charge >= 0.3 is 0 Å². The molecule has 1 aromatic rings. The number of halogens is 2. The highest BCUT2D eigenvalue weighted by Gasteiger charge is 2.24. The summed E-state index contributed by atoms with van der Waals surface area (Å²) in [7, 11) is 0. The van der Waals surface area contributed by atoms with Crippen LogP contribution in [0.4, 0.5) is 5.69 Å². The maximum atomic E-state index is 6.24. The molecular formula is C18H27Cl2N. The summed E-state index contributed by atoms with van der Waals surface area (Å²) in [5.41, 5.74) is 2.42. The van der Waals surface area contributed by atoms with Crippen LogP contribution in [0, 0.1) is 0 Å². The summed E-state index contributed by atoms with van der Waals surface area (Å²) in [5, 5.41) is 4.94. The van der Waals surface area contributed by atoms with E-state index >= 15 is 0 Å². The van der Waals surface area contributed by atoms with Crippen molar-refractivity contribution in [3.05, 3.63) is 27.7 Å². The van der Waals surface area contributed by atoms with E-state index in [0.29, 0.717) is 5.92 Å². The van der Waals surface area contributed by atoms with Gasteiger partial charge in [-0.2, -0.15) is 0 Å². The van der Waals surface area contributed by atoms with E-state index in [1.807, 2.05) is 6.07 Å². The van der Waals surface area contributed by atoms with Crippen molar-refractivity contribution in [1.29, 1.82) is 0 Å². The number of unbranched alkanes of at least 4 members (excludes halogenated alkanes) is 7. The fourth-order valence-electron chi connectivity index (χ4n) is 3.22. The van der Waals surface area contributed by atoms with Gasteiger partial charge in [0.1, 0.15) is 0 Å². The summed E-state index contributed by atoms with van der Waals surface area (Å²) in [6.07, 6.45) is 12.2. The molecule has 118 valence electrons. The van der Waals surface area contributed by atoms with Gasteiger partial charge in [0.2, 0.25) is 0 Å². The first-order valence-corrected chi connectivity index (χ1v) is 9.20. The molecule has 0 bridgehead atoms. The Morgan fingerprint density at radius 3 is 2.38 bits per heavy atom. The molecule has 1 aromatic carbocycles. The maximum absolute atomic E-state index is 6.24. The van der Waals surface area contributed by atoms with Crippen LogP contribution in [0.1, 0.15) is 76.2 Å². The van der Waals surface area contributed by atoms with Crippen molar-refractivity contribution >= 4 is 28.9 Å². The largest absolute Gasteiger partial charge is 0.383 e. The normalized spacial score (nSPS) is 16.8. The number of anilines is 1. The van der Waals surface area contributed by atoms with Crippen LogP contribution in [0.25, 0.3) is 0 Å². The number of nitrogens with one attached hydrogen (secondary N) is 1. The number of fused-ring (bicyclic) bond motifs is 1. The first-order valence-electron chi connectivity index (χ1n) is 8.45. The summed E-state index contributed by atoms with van der Waals surface area (Å²) in [6.45, 7) is 3.28. The van der Waals surface area contributed by atoms with E-state index in [1.54, 1.807) is 0 Å². The molecule has 0 fully saturated rings. The number of benzene rings is 1. The average molecular weight is 328 g/mol. The molecule has 3 heteroatoms. The average Bonchev–Trinajstić information content (AvgIpc) is 2.85. The van der Waals surface area contributed by atoms with Crippen LogP contribution in [-0.4, -0.2) is 6.54 Å². The summed E-state index contributed by atoms with van der Waals surface area (Å²) < 4.78 is 0. The van der Waals surface area contributed by atoms with Crippen LogP contribution in [0.3, 0.4) is 0 Å². The molecule has 1 nitrogen and oxygen atoms in total. The van der Waals surface area contributed by atoms with Gasteiger partial charge in [-0.25, -0.2) is 0 Å². The van der Waals surface area contributed by atoms with Gasteiger partial charge in [0, 0.05) is 17.5 Å². The van der Waals surface area contributed by atoms with Crippen LogP contribution in [0.2, 0.25) is 10.0 Å². The lowest BCUT2D eigenvalue weighted by Gasteiger charge is -2.10. The maximum Gasteiger partial charge on any atom is 0.0655 e. The fourth-order valence-corrected chi connectivity index (χ4v) is 3.80. The highest BCUT2D eigenvalue weighted by Crippen LogP contribution is 2.41. The van der Waals surface area contributed by atoms with E-state index < -0.39 is 0 Å². The lowest BCUT2D eigenvalue weighted by Crippen LogP contribution is -2.01. The molecule has 1 aliphatic rings. The van der Waals surface area contributed by atoms with Gasteiger partial charge in [0.15, 0.2) is 0 Å². The Hall–Kier alpha value is -0.400. The molecule has 0 radical (unpaired) electrons. The van der Waals surface area contributed by atoms with Gasteiger partial charge in [-0.1, -0.05) is 81.5 Å². The Morgan fingerprint density at radius 2 is 1.67 bits per heavy atom. The van der Waals surface area contributed by atoms with Crippen molar-refractivity contribution in [2.45, 2.75) is 70.6 Å². The standard InChI is InChI=1S/C18H27Cl2N/c1-2-3-4-5-6-7-8-9-10-14-13-21-18-16(14)11-15(19)12-17(18)20/h11-12,14,21H,2-10,13H2,1H3. The molecule has 1 heterocycles. The molecule has 2 rings (SSSR count). The van der Waals surface area contributed by atoms with Crippen LogP contribution < -0.4 is 5.32 Å². The predicted octanol–water partition coefficient (Wildman–Crippen LogP) is 7.03. The molecule has 0 amide bonds. The number of hydrogen-bond acceptors (Lipinski definition) is 1. The van der Waals surface area contributed by atoms with Crippen molar-refractivity contribution in [3.63, 3.8) is 0 Å². The van der Waals surface area contributed by atoms with Crippen molar-refractivity contribution in [1.82, 2.24) is 0 Å². The van der Waals surface area contributed by atoms with Crippen LogP contribution >= 0.6 is 23.2 Å². The topological polar surface area (TPSA) is 12.0 Å². The van der Waals surface area contributed by atoms with Gasteiger partial charge in [-0.15, -0.1) is 0 Å². The third-order valence-corrected chi connectivity index (χ3v) is 4.97. The quantitative estimate of drug-likeness (QED) is 0.480. The Balaban J connectivity index is 1.67. The third kappa shape index (κ3) is 5.07. The number of rotatable bonds is 9. The molecule has 0 aliphatic carbocycles. The van der Waals surface area contributed by atoms with Gasteiger partial charge in [0.05, 0.1) is 10.7 Å². The second kappa shape index (κ2) is 8.90. The molecule has 0 spiro atoms. The van der Waals surface area contributed by atoms with Crippen LogP contribution in [0.15, 0.2) is 12.1 Å². The van der Waals surface area contributed by atoms with E-state index in [9.17, 15) is 0 Å². The minimum absolute atomic E-state index is 0.580. The molecule has 21 heavy (non-hydrogen) atoms. The smallest absolute Gasteiger partial charge is 0.0655 e. The predicted molar refractivity (Wildman–Crippen MR) is 94.9 cm³/mol. The second-order valence-electron chi connectivity index (χ2n) is 6.19. The Bertz CT molecular complexity index is 445. The summed E-state index contributed by atoms with van der Waals surface area (Å²) >= 11 is 12.4. The molecule has 0 saturated carbocycles. The zero-order chi connectivity index (χ0) is 15.1. The summed E-state index contributed by atoms with van der Waals surface area (Å²) in [6, 6.07) is 3.91. The van der Waals surface area contributed by atoms with Crippen molar-refractivity contribution < 1.29 is 0 Å². The molecular weight excluding hydrogens is 301 g/mol. The van der Waals surface area contributed by atoms with Crippen LogP contribution in [-0.2, 0) is 0 Å². The lowest BCUT2D eigenvalue weighted by atomic mass is 9.94. The van der Waals surface area contributed by atoms with Crippen LogP contribution in [0.5, 0.6) is 0 Å². The third-order valence-electron chi connectivity index (χ3n) is 4.46. The Morgan fingerprint density at radius 1 is 1.00 bits per heavy atom. The first kappa shape index (κ1) is 17.0. The fraction of sp³-hybridized carbons (Fsp3) is 0.667. The number of hydrogen-bond donors (Lipinski definition) is 1. The van der Waals surface area contributed by atoms with E-state index in [1.165, 1.54) is 63.4 Å². The van der Waals surface area contributed by atoms with Gasteiger partial charge in [0.25, 0.3) is 0 Å². The molecule has 1 unspecified atom stereocenters. The van der Waals surface area contributed by atoms with Crippen molar-refractivity contribution in [2.24, 2.45) is 0 Å². The summed E-state index contributed by atoms with van der Waals surface area (Å²) in [4.78, 5) is 0. The van der Waals surface area contributed by atoms with E-state index in [-0.39, 0.29) is 0 Å². The molecule has 0 aromatic heterocycles. The van der Waals surface area contributed by atoms with Crippen molar-refractivity contribution in [2.75, 3.05) is 11.9 Å². The molecule has 1 aliphatic heterocycles. The molecule has 1 N–H and O–H groups in total. The first-order chi connectivity index (χ1) is 10.2. The van der Waals surface area contributed by atoms with E-state index in [0.717, 1.165) is 22.3 Å². The van der Waals surface area contributed by atoms with Crippen molar-refractivity contribution in [3.8, 4) is 0 Å². The van der Waals surface area contributed by atoms with Gasteiger partial charge in [-0.05, 0) is 24.1 Å². The highest BCUT2D eigenvalue weighted by molar-refractivity contribution is 6.36.